The summed E-state index contributed by atoms with van der Waals surface area (Å²) in [5, 5.41) is 0. The van der Waals surface area contributed by atoms with E-state index in [1.807, 2.05) is 6.92 Å². The van der Waals surface area contributed by atoms with Crippen LogP contribution in [0.1, 0.15) is 22.8 Å². The van der Waals surface area contributed by atoms with Crippen LogP contribution in [-0.2, 0) is 10.0 Å². The Labute approximate surface area is 130 Å². The van der Waals surface area contributed by atoms with Crippen LogP contribution in [0.25, 0.3) is 0 Å². The van der Waals surface area contributed by atoms with E-state index in [-0.39, 0.29) is 4.90 Å². The molecule has 0 aliphatic rings. The van der Waals surface area contributed by atoms with Crippen LogP contribution in [-0.4, -0.2) is 18.6 Å². The van der Waals surface area contributed by atoms with E-state index in [1.165, 1.54) is 24.4 Å². The lowest BCUT2D eigenvalue weighted by Crippen LogP contribution is -2.32. The molecule has 0 spiro atoms. The molecule has 0 heterocycles. The number of hydrogen-bond acceptors (Lipinski definition) is 3. The SMILES string of the molecule is CC=CN(C(=O)c1ccccc1)S(=O)(=O)c1ccc(C)cc1. The van der Waals surface area contributed by atoms with Crippen molar-refractivity contribution in [3.63, 3.8) is 0 Å². The molecule has 0 radical (unpaired) electrons. The van der Waals surface area contributed by atoms with Crippen LogP contribution < -0.4 is 0 Å². The Bertz CT molecular complexity index is 778. The highest BCUT2D eigenvalue weighted by Gasteiger charge is 2.28. The third-order valence-corrected chi connectivity index (χ3v) is 4.76. The van der Waals surface area contributed by atoms with Gasteiger partial charge in [0.2, 0.25) is 0 Å². The van der Waals surface area contributed by atoms with Crippen molar-refractivity contribution in [1.29, 1.82) is 0 Å². The normalized spacial score (nSPS) is 11.5. The van der Waals surface area contributed by atoms with Crippen molar-refractivity contribution in [2.24, 2.45) is 0 Å². The minimum atomic E-state index is -3.93. The number of aryl methyl sites for hydroxylation is 1. The van der Waals surface area contributed by atoms with Crippen LogP contribution in [0.5, 0.6) is 0 Å². The molecule has 0 saturated heterocycles. The first-order valence-electron chi connectivity index (χ1n) is 6.80. The first-order valence-corrected chi connectivity index (χ1v) is 8.24. The number of benzene rings is 2. The van der Waals surface area contributed by atoms with Crippen molar-refractivity contribution in [3.05, 3.63) is 78.0 Å². The number of sulfonamides is 1. The zero-order valence-corrected chi connectivity index (χ0v) is 13.2. The lowest BCUT2D eigenvalue weighted by molar-refractivity contribution is 0.0898. The number of rotatable bonds is 4. The summed E-state index contributed by atoms with van der Waals surface area (Å²) in [5.74, 6) is -0.584. The van der Waals surface area contributed by atoms with Crippen molar-refractivity contribution in [2.45, 2.75) is 18.7 Å². The molecule has 0 bridgehead atoms. The van der Waals surface area contributed by atoms with Crippen molar-refractivity contribution < 1.29 is 13.2 Å². The topological polar surface area (TPSA) is 54.5 Å². The minimum Gasteiger partial charge on any atom is -0.268 e. The molecule has 0 aliphatic heterocycles. The zero-order valence-electron chi connectivity index (χ0n) is 12.4. The van der Waals surface area contributed by atoms with Gasteiger partial charge in [-0.2, -0.15) is 0 Å². The second-order valence-corrected chi connectivity index (χ2v) is 6.58. The molecule has 114 valence electrons. The fourth-order valence-electron chi connectivity index (χ4n) is 1.92. The second kappa shape index (κ2) is 6.58. The Morgan fingerprint density at radius 1 is 1.00 bits per heavy atom. The number of allylic oxidation sites excluding steroid dienone is 1. The molecule has 1 amide bonds. The van der Waals surface area contributed by atoms with Crippen LogP contribution in [0.2, 0.25) is 0 Å². The van der Waals surface area contributed by atoms with Gasteiger partial charge in [0.25, 0.3) is 15.9 Å². The molecule has 5 heteroatoms. The Morgan fingerprint density at radius 2 is 1.59 bits per heavy atom. The van der Waals surface area contributed by atoms with Gasteiger partial charge in [0.1, 0.15) is 0 Å². The molecule has 22 heavy (non-hydrogen) atoms. The molecule has 2 aromatic carbocycles. The van der Waals surface area contributed by atoms with Crippen molar-refractivity contribution in [3.8, 4) is 0 Å². The summed E-state index contributed by atoms with van der Waals surface area (Å²) in [6, 6.07) is 14.7. The fourth-order valence-corrected chi connectivity index (χ4v) is 3.24. The first-order chi connectivity index (χ1) is 10.5. The van der Waals surface area contributed by atoms with Gasteiger partial charge < -0.3 is 0 Å². The summed E-state index contributed by atoms with van der Waals surface area (Å²) < 4.78 is 26.2. The largest absolute Gasteiger partial charge is 0.271 e. The van der Waals surface area contributed by atoms with E-state index in [4.69, 9.17) is 0 Å². The monoisotopic (exact) mass is 315 g/mol. The van der Waals surface area contributed by atoms with E-state index in [1.54, 1.807) is 49.4 Å². The molecule has 0 saturated carbocycles. The van der Waals surface area contributed by atoms with Crippen LogP contribution in [0.15, 0.2) is 71.8 Å². The fraction of sp³-hybridized carbons (Fsp3) is 0.118. The van der Waals surface area contributed by atoms with Gasteiger partial charge in [-0.1, -0.05) is 42.0 Å². The van der Waals surface area contributed by atoms with Crippen LogP contribution in [0, 0.1) is 6.92 Å². The maximum absolute atomic E-state index is 12.7. The summed E-state index contributed by atoms with van der Waals surface area (Å²) in [5.41, 5.74) is 1.27. The van der Waals surface area contributed by atoms with E-state index in [0.29, 0.717) is 5.56 Å². The van der Waals surface area contributed by atoms with Crippen LogP contribution in [0.4, 0.5) is 0 Å². The number of nitrogens with zero attached hydrogens (tertiary/aromatic N) is 1. The quantitative estimate of drug-likeness (QED) is 0.869. The highest BCUT2D eigenvalue weighted by molar-refractivity contribution is 7.89. The molecular formula is C17H17NO3S. The predicted octanol–water partition coefficient (Wildman–Crippen LogP) is 3.36. The molecule has 0 fully saturated rings. The number of amides is 1. The maximum atomic E-state index is 12.7. The summed E-state index contributed by atoms with van der Waals surface area (Å²) in [6.45, 7) is 3.53. The number of hydrogen-bond donors (Lipinski definition) is 0. The van der Waals surface area contributed by atoms with Crippen molar-refractivity contribution in [1.82, 2.24) is 4.31 Å². The molecule has 0 aliphatic carbocycles. The van der Waals surface area contributed by atoms with E-state index in [0.717, 1.165) is 9.87 Å². The summed E-state index contributed by atoms with van der Waals surface area (Å²) in [7, 11) is -3.93. The van der Waals surface area contributed by atoms with Crippen LogP contribution in [0.3, 0.4) is 0 Å². The molecule has 2 rings (SSSR count). The third-order valence-electron chi connectivity index (χ3n) is 3.08. The molecule has 0 N–H and O–H groups in total. The maximum Gasteiger partial charge on any atom is 0.271 e. The smallest absolute Gasteiger partial charge is 0.268 e. The van der Waals surface area contributed by atoms with Gasteiger partial charge in [0.05, 0.1) is 4.90 Å². The minimum absolute atomic E-state index is 0.0838. The van der Waals surface area contributed by atoms with Gasteiger partial charge >= 0.3 is 0 Å². The Hall–Kier alpha value is -2.40. The Balaban J connectivity index is 2.47. The van der Waals surface area contributed by atoms with Crippen LogP contribution >= 0.6 is 0 Å². The Morgan fingerprint density at radius 3 is 2.14 bits per heavy atom. The average Bonchev–Trinajstić information content (AvgIpc) is 2.53. The van der Waals surface area contributed by atoms with Gasteiger partial charge in [0.15, 0.2) is 0 Å². The highest BCUT2D eigenvalue weighted by atomic mass is 32.2. The molecule has 0 unspecified atom stereocenters. The summed E-state index contributed by atoms with van der Waals surface area (Å²) in [4.78, 5) is 12.6. The predicted molar refractivity (Wildman–Crippen MR) is 85.8 cm³/mol. The van der Waals surface area contributed by atoms with Gasteiger partial charge in [0, 0.05) is 11.8 Å². The lowest BCUT2D eigenvalue weighted by Gasteiger charge is -2.18. The average molecular weight is 315 g/mol. The number of carbonyl (C=O) groups is 1. The van der Waals surface area contributed by atoms with E-state index < -0.39 is 15.9 Å². The third kappa shape index (κ3) is 3.26. The summed E-state index contributed by atoms with van der Waals surface area (Å²) in [6.07, 6.45) is 2.79. The van der Waals surface area contributed by atoms with Crippen molar-refractivity contribution in [2.75, 3.05) is 0 Å². The van der Waals surface area contributed by atoms with Gasteiger partial charge in [-0.05, 0) is 38.1 Å². The van der Waals surface area contributed by atoms with Gasteiger partial charge in [-0.3, -0.25) is 4.79 Å². The standard InChI is InChI=1S/C17H17NO3S/c1-3-13-18(17(19)15-7-5-4-6-8-15)22(20,21)16-11-9-14(2)10-12-16/h3-13H,1-2H3. The van der Waals surface area contributed by atoms with E-state index in [9.17, 15) is 13.2 Å². The lowest BCUT2D eigenvalue weighted by atomic mass is 10.2. The van der Waals surface area contributed by atoms with Crippen molar-refractivity contribution >= 4 is 15.9 Å². The second-order valence-electron chi connectivity index (χ2n) is 4.77. The van der Waals surface area contributed by atoms with E-state index in [2.05, 4.69) is 0 Å². The number of carbonyl (C=O) groups excluding carboxylic acids is 1. The molecule has 4 nitrogen and oxygen atoms in total. The molecule has 0 atom stereocenters. The molecule has 0 aromatic heterocycles. The van der Waals surface area contributed by atoms with Gasteiger partial charge in [-0.25, -0.2) is 12.7 Å². The molecular weight excluding hydrogens is 298 g/mol. The first kappa shape index (κ1) is 16.0. The zero-order chi connectivity index (χ0) is 16.2. The Kier molecular flexibility index (Phi) is 4.78. The van der Waals surface area contributed by atoms with E-state index >= 15 is 0 Å². The molecule has 2 aromatic rings. The highest BCUT2D eigenvalue weighted by Crippen LogP contribution is 2.19. The van der Waals surface area contributed by atoms with Gasteiger partial charge in [-0.15, -0.1) is 0 Å². The summed E-state index contributed by atoms with van der Waals surface area (Å²) >= 11 is 0.